The van der Waals surface area contributed by atoms with Crippen molar-refractivity contribution in [1.82, 2.24) is 5.32 Å². The lowest BCUT2D eigenvalue weighted by molar-refractivity contribution is -0.169. The number of carbonyl (C=O) groups is 1. The van der Waals surface area contributed by atoms with E-state index in [9.17, 15) is 18.7 Å². The Hall–Kier alpha value is -1.69. The minimum absolute atomic E-state index is 0.0167. The van der Waals surface area contributed by atoms with Crippen LogP contribution in [0.3, 0.4) is 0 Å². The molecule has 2 N–H and O–H groups in total. The lowest BCUT2D eigenvalue weighted by Crippen LogP contribution is -2.56. The van der Waals surface area contributed by atoms with Crippen molar-refractivity contribution in [3.8, 4) is 5.75 Å². The Kier molecular flexibility index (Phi) is 4.87. The Morgan fingerprint density at radius 1 is 1.19 bits per heavy atom. The highest BCUT2D eigenvalue weighted by Gasteiger charge is 2.57. The Morgan fingerprint density at radius 3 is 2.44 bits per heavy atom. The summed E-state index contributed by atoms with van der Waals surface area (Å²) in [4.78, 5) is 12.5. The standard InChI is InChI=1S/C21H27F2NO3/c22-19(23)27-17-3-1-14(2-4-17)5-6-24-18(25)12-20-8-15-7-16(9-20)11-21(26,10-15)13-20/h1-4,15-16,19,26H,5-13H2,(H,24,25). The predicted octanol–water partition coefficient (Wildman–Crippen LogP) is 3.67. The van der Waals surface area contributed by atoms with Crippen molar-refractivity contribution >= 4 is 5.91 Å². The van der Waals surface area contributed by atoms with Gasteiger partial charge in [0.15, 0.2) is 0 Å². The molecule has 4 aliphatic carbocycles. The predicted molar refractivity (Wildman–Crippen MR) is 96.5 cm³/mol. The van der Waals surface area contributed by atoms with E-state index in [1.54, 1.807) is 12.1 Å². The molecule has 2 unspecified atom stereocenters. The maximum atomic E-state index is 12.5. The number of benzene rings is 1. The van der Waals surface area contributed by atoms with Crippen LogP contribution in [0.5, 0.6) is 5.75 Å². The summed E-state index contributed by atoms with van der Waals surface area (Å²) >= 11 is 0. The van der Waals surface area contributed by atoms with Crippen LogP contribution in [0, 0.1) is 17.3 Å². The second-order valence-corrected chi connectivity index (χ2v) is 8.98. The van der Waals surface area contributed by atoms with Crippen molar-refractivity contribution in [3.05, 3.63) is 29.8 Å². The van der Waals surface area contributed by atoms with Crippen LogP contribution in [0.15, 0.2) is 24.3 Å². The van der Waals surface area contributed by atoms with Crippen molar-refractivity contribution < 1.29 is 23.4 Å². The van der Waals surface area contributed by atoms with Crippen LogP contribution in [0.4, 0.5) is 8.78 Å². The number of amides is 1. The fourth-order valence-corrected chi connectivity index (χ4v) is 6.20. The molecule has 4 bridgehead atoms. The van der Waals surface area contributed by atoms with Gasteiger partial charge in [0.25, 0.3) is 0 Å². The van der Waals surface area contributed by atoms with E-state index in [4.69, 9.17) is 0 Å². The number of rotatable bonds is 7. The van der Waals surface area contributed by atoms with E-state index in [1.165, 1.54) is 18.6 Å². The van der Waals surface area contributed by atoms with Crippen molar-refractivity contribution in [3.63, 3.8) is 0 Å². The normalized spacial score (nSPS) is 34.1. The molecule has 5 rings (SSSR count). The van der Waals surface area contributed by atoms with Crippen LogP contribution < -0.4 is 10.1 Å². The van der Waals surface area contributed by atoms with Gasteiger partial charge in [0.2, 0.25) is 5.91 Å². The summed E-state index contributed by atoms with van der Waals surface area (Å²) in [6.07, 6.45) is 7.11. The minimum atomic E-state index is -2.82. The molecule has 4 saturated carbocycles. The topological polar surface area (TPSA) is 58.6 Å². The van der Waals surface area contributed by atoms with Crippen molar-refractivity contribution in [1.29, 1.82) is 0 Å². The molecule has 0 aromatic heterocycles. The van der Waals surface area contributed by atoms with Crippen molar-refractivity contribution in [2.24, 2.45) is 17.3 Å². The minimum Gasteiger partial charge on any atom is -0.435 e. The van der Waals surface area contributed by atoms with Gasteiger partial charge in [0.05, 0.1) is 5.60 Å². The van der Waals surface area contributed by atoms with Gasteiger partial charge in [-0.3, -0.25) is 4.79 Å². The molecule has 6 heteroatoms. The molecule has 2 atom stereocenters. The molecular weight excluding hydrogens is 352 g/mol. The van der Waals surface area contributed by atoms with E-state index in [2.05, 4.69) is 10.1 Å². The molecule has 27 heavy (non-hydrogen) atoms. The summed E-state index contributed by atoms with van der Waals surface area (Å²) < 4.78 is 28.6. The first-order valence-electron chi connectivity index (χ1n) is 9.86. The van der Waals surface area contributed by atoms with E-state index < -0.39 is 12.2 Å². The van der Waals surface area contributed by atoms with Gasteiger partial charge in [0.1, 0.15) is 5.75 Å². The maximum Gasteiger partial charge on any atom is 0.387 e. The highest BCUT2D eigenvalue weighted by Crippen LogP contribution is 2.62. The molecule has 0 saturated heterocycles. The number of hydrogen-bond donors (Lipinski definition) is 2. The highest BCUT2D eigenvalue weighted by atomic mass is 19.3. The van der Waals surface area contributed by atoms with Gasteiger partial charge >= 0.3 is 6.61 Å². The van der Waals surface area contributed by atoms with Crippen LogP contribution in [0.25, 0.3) is 0 Å². The summed E-state index contributed by atoms with van der Waals surface area (Å²) in [7, 11) is 0. The average Bonchev–Trinajstić information content (AvgIpc) is 2.53. The fourth-order valence-electron chi connectivity index (χ4n) is 6.20. The average molecular weight is 379 g/mol. The second-order valence-electron chi connectivity index (χ2n) is 8.98. The highest BCUT2D eigenvalue weighted by molar-refractivity contribution is 5.76. The van der Waals surface area contributed by atoms with Gasteiger partial charge in [-0.1, -0.05) is 12.1 Å². The molecule has 1 aromatic rings. The van der Waals surface area contributed by atoms with E-state index in [-0.39, 0.29) is 17.1 Å². The second kappa shape index (κ2) is 7.04. The number of nitrogens with one attached hydrogen (secondary N) is 1. The molecule has 0 spiro atoms. The number of halogens is 2. The SMILES string of the molecule is O=C(CC12CC3CC(CC(O)(C3)C1)C2)NCCc1ccc(OC(F)F)cc1. The smallest absolute Gasteiger partial charge is 0.387 e. The first-order valence-corrected chi connectivity index (χ1v) is 9.86. The molecule has 148 valence electrons. The van der Waals surface area contributed by atoms with Crippen molar-refractivity contribution in [2.75, 3.05) is 6.54 Å². The monoisotopic (exact) mass is 379 g/mol. The summed E-state index contributed by atoms with van der Waals surface area (Å²) in [6, 6.07) is 6.50. The zero-order valence-corrected chi connectivity index (χ0v) is 15.4. The summed E-state index contributed by atoms with van der Waals surface area (Å²) in [5.74, 6) is 1.35. The molecule has 0 heterocycles. The lowest BCUT2D eigenvalue weighted by atomic mass is 9.47. The van der Waals surface area contributed by atoms with Crippen LogP contribution in [0.2, 0.25) is 0 Å². The molecule has 4 aliphatic rings. The number of ether oxygens (including phenoxy) is 1. The van der Waals surface area contributed by atoms with Gasteiger partial charge < -0.3 is 15.2 Å². The first kappa shape index (κ1) is 18.7. The Labute approximate surface area is 158 Å². The van der Waals surface area contributed by atoms with Crippen LogP contribution in [-0.2, 0) is 11.2 Å². The zero-order chi connectivity index (χ0) is 19.1. The summed E-state index contributed by atoms with van der Waals surface area (Å²) in [5.41, 5.74) is 0.407. The summed E-state index contributed by atoms with van der Waals surface area (Å²) in [5, 5.41) is 13.8. The van der Waals surface area contributed by atoms with Gasteiger partial charge in [-0.15, -0.1) is 0 Å². The quantitative estimate of drug-likeness (QED) is 0.760. The van der Waals surface area contributed by atoms with Gasteiger partial charge in [-0.25, -0.2) is 0 Å². The van der Waals surface area contributed by atoms with Gasteiger partial charge in [-0.05, 0) is 79.9 Å². The molecule has 4 fully saturated rings. The first-order chi connectivity index (χ1) is 12.8. The molecular formula is C21H27F2NO3. The maximum absolute atomic E-state index is 12.5. The third-order valence-electron chi connectivity index (χ3n) is 6.57. The number of carbonyl (C=O) groups excluding carboxylic acids is 1. The zero-order valence-electron chi connectivity index (χ0n) is 15.4. The van der Waals surface area contributed by atoms with E-state index >= 15 is 0 Å². The lowest BCUT2D eigenvalue weighted by Gasteiger charge is -2.60. The molecule has 1 amide bonds. The van der Waals surface area contributed by atoms with E-state index in [1.807, 2.05) is 0 Å². The summed E-state index contributed by atoms with van der Waals surface area (Å²) in [6.45, 7) is -2.31. The number of aliphatic hydroxyl groups is 1. The number of alkyl halides is 2. The molecule has 4 nitrogen and oxygen atoms in total. The Morgan fingerprint density at radius 2 is 1.85 bits per heavy atom. The number of hydrogen-bond acceptors (Lipinski definition) is 3. The Balaban J connectivity index is 1.26. The van der Waals surface area contributed by atoms with E-state index in [0.717, 1.165) is 37.7 Å². The van der Waals surface area contributed by atoms with Crippen LogP contribution >= 0.6 is 0 Å². The molecule has 0 radical (unpaired) electrons. The third kappa shape index (κ3) is 4.26. The van der Waals surface area contributed by atoms with Gasteiger partial charge in [-0.2, -0.15) is 8.78 Å². The largest absolute Gasteiger partial charge is 0.435 e. The fraction of sp³-hybridized carbons (Fsp3) is 0.667. The van der Waals surface area contributed by atoms with Crippen LogP contribution in [0.1, 0.15) is 50.5 Å². The molecule has 0 aliphatic heterocycles. The van der Waals surface area contributed by atoms with Crippen LogP contribution in [-0.4, -0.2) is 29.8 Å². The van der Waals surface area contributed by atoms with E-state index in [0.29, 0.717) is 31.2 Å². The van der Waals surface area contributed by atoms with Crippen molar-refractivity contribution in [2.45, 2.75) is 63.6 Å². The van der Waals surface area contributed by atoms with Gasteiger partial charge in [0, 0.05) is 13.0 Å². The Bertz CT molecular complexity index is 677. The third-order valence-corrected chi connectivity index (χ3v) is 6.57. The molecule has 1 aromatic carbocycles.